The van der Waals surface area contributed by atoms with E-state index in [2.05, 4.69) is 210 Å². The summed E-state index contributed by atoms with van der Waals surface area (Å²) < 4.78 is 0. The summed E-state index contributed by atoms with van der Waals surface area (Å²) in [5, 5.41) is 113. The highest BCUT2D eigenvalue weighted by Crippen LogP contribution is 1.92. The second-order valence-corrected chi connectivity index (χ2v) is 3.45. The van der Waals surface area contributed by atoms with Crippen molar-refractivity contribution in [2.75, 3.05) is 0 Å². The highest BCUT2D eigenvalue weighted by atomic mass is 15.7. The zero-order chi connectivity index (χ0) is 28.9. The highest BCUT2D eigenvalue weighted by Gasteiger charge is 1.73. The van der Waals surface area contributed by atoms with Gasteiger partial charge >= 0.3 is 0 Å². The molecule has 204 valence electrons. The number of rotatable bonds is 18. The Morgan fingerprint density at radius 1 is 0.125 bits per heavy atom. The van der Waals surface area contributed by atoms with E-state index < -0.39 is 0 Å². The Bertz CT molecular complexity index is 1080. The molecule has 0 aliphatic heterocycles. The standard InChI is InChI=1S/H4N40/c1-3-5-7-9-11-13-15-17-19-21-23-25-27-29-31-33-35-37-39-40-38-36-34-32-30-28-26-24-22-20-18-16-14-12-10-8-6-4-2/h(H2,1,4,5,8,9,12,13,16,17,20,21,24,25,28,29,32,33,36,37,40)(H2,2,3,6,7,10,11,14,15,18,19,22,23,26,27,30,31,34,35,38,39). The Balaban J connectivity index is 4.02. The van der Waals surface area contributed by atoms with Crippen LogP contribution in [-0.2, 0) is 0 Å². The first kappa shape index (κ1) is 32.0. The summed E-state index contributed by atoms with van der Waals surface area (Å²) >= 11 is 0. The molecule has 0 aliphatic carbocycles. The first-order valence-electron chi connectivity index (χ1n) is 7.92. The van der Waals surface area contributed by atoms with E-state index in [1.807, 2.05) is 0 Å². The van der Waals surface area contributed by atoms with Gasteiger partial charge < -0.3 is 11.7 Å². The maximum atomic E-state index is 4.62. The lowest BCUT2D eigenvalue weighted by Gasteiger charge is -1.70. The van der Waals surface area contributed by atoms with E-state index in [1.54, 1.807) is 0 Å². The molecule has 0 saturated carbocycles. The molecule has 0 radical (unpaired) electrons. The summed E-state index contributed by atoms with van der Waals surface area (Å²) in [7, 11) is 0. The van der Waals surface area contributed by atoms with Crippen LogP contribution in [0.2, 0.25) is 0 Å². The van der Waals surface area contributed by atoms with Crippen molar-refractivity contribution in [3.8, 4) is 0 Å². The lowest BCUT2D eigenvalue weighted by Crippen LogP contribution is -1.70. The highest BCUT2D eigenvalue weighted by molar-refractivity contribution is 4.16. The van der Waals surface area contributed by atoms with Crippen LogP contribution in [-0.4, -0.2) is 0 Å². The maximum absolute atomic E-state index is 4.62. The molecule has 40 heteroatoms. The Labute approximate surface area is 211 Å². The predicted molar refractivity (Wildman–Crippen MR) is 101 cm³/mol. The van der Waals surface area contributed by atoms with Gasteiger partial charge in [0.15, 0.2) is 0 Å². The molecule has 0 aromatic carbocycles. The minimum Gasteiger partial charge on any atom is -0.303 e. The molecule has 0 aromatic rings. The number of nitrogens with two attached hydrogens (primary N) is 2. The summed E-state index contributed by atoms with van der Waals surface area (Å²) in [6.07, 6.45) is 0. The number of nitrogens with zero attached hydrogens (tertiary/aromatic N) is 38. The van der Waals surface area contributed by atoms with Crippen LogP contribution in [0.25, 0.3) is 0 Å². The summed E-state index contributed by atoms with van der Waals surface area (Å²) in [6, 6.07) is 0. The fraction of sp³-hybridized carbons (Fsp3) is 0. The molecule has 0 heterocycles. The van der Waals surface area contributed by atoms with Gasteiger partial charge in [0.1, 0.15) is 0 Å². The third-order valence-electron chi connectivity index (χ3n) is 1.50. The fourth-order valence-electron chi connectivity index (χ4n) is 0.654. The van der Waals surface area contributed by atoms with Gasteiger partial charge in [0.05, 0.1) is 0 Å². The van der Waals surface area contributed by atoms with E-state index in [-0.39, 0.29) is 0 Å². The third-order valence-corrected chi connectivity index (χ3v) is 1.50. The largest absolute Gasteiger partial charge is 0.303 e. The van der Waals surface area contributed by atoms with Crippen LogP contribution in [0.4, 0.5) is 0 Å². The van der Waals surface area contributed by atoms with Crippen LogP contribution in [0, 0.1) is 0 Å². The molecule has 0 saturated heterocycles. The minimum absolute atomic E-state index is 2.75. The molecule has 0 spiro atoms. The SMILES string of the molecule is N/N=N/N=N/N=N/N=N/N=N/N=N/N=N/N=N/N=N/N=N/N=N/N=N/N=N/N=N/N=N/N=N/N=N/N=N/N=N/N. The first-order valence-corrected chi connectivity index (χ1v) is 7.92. The van der Waals surface area contributed by atoms with Crippen molar-refractivity contribution in [1.29, 1.82) is 0 Å². The lowest BCUT2D eigenvalue weighted by molar-refractivity contribution is 0.727. The monoisotopic (exact) mass is 564 g/mol. The second-order valence-electron chi connectivity index (χ2n) is 3.45. The van der Waals surface area contributed by atoms with Gasteiger partial charge in [-0.3, -0.25) is 0 Å². The zero-order valence-corrected chi connectivity index (χ0v) is 18.1. The van der Waals surface area contributed by atoms with Crippen LogP contribution in [0.1, 0.15) is 0 Å². The molecule has 4 N–H and O–H groups in total. The van der Waals surface area contributed by atoms with Crippen LogP contribution in [0.3, 0.4) is 0 Å². The van der Waals surface area contributed by atoms with Crippen molar-refractivity contribution in [3.05, 3.63) is 0 Å². The lowest BCUT2D eigenvalue weighted by atomic mass is 12.3. The quantitative estimate of drug-likeness (QED) is 0.118. The predicted octanol–water partition coefficient (Wildman–Crippen LogP) is 5.80. The molecule has 40 nitrogen and oxygen atoms in total. The molecule has 0 unspecified atom stereocenters. The van der Waals surface area contributed by atoms with Crippen LogP contribution in [0.15, 0.2) is 198 Å². The van der Waals surface area contributed by atoms with Crippen LogP contribution in [0.5, 0.6) is 0 Å². The van der Waals surface area contributed by atoms with E-state index in [0.29, 0.717) is 0 Å². The van der Waals surface area contributed by atoms with Gasteiger partial charge in [-0.1, -0.05) is 10.4 Å². The maximum Gasteiger partial charge on any atom is 0 e. The van der Waals surface area contributed by atoms with Gasteiger partial charge in [-0.25, -0.2) is 0 Å². The van der Waals surface area contributed by atoms with Crippen molar-refractivity contribution in [2.45, 2.75) is 0 Å². The molecule has 0 bridgehead atoms. The normalized spacial score (nSPS) is 15.3. The van der Waals surface area contributed by atoms with Crippen molar-refractivity contribution < 1.29 is 0 Å². The van der Waals surface area contributed by atoms with Gasteiger partial charge in [0, 0.05) is 115 Å². The molecule has 40 heavy (non-hydrogen) atoms. The minimum atomic E-state index is 2.75. The molecular weight excluding hydrogens is 560 g/mol. The smallest absolute Gasteiger partial charge is 0 e. The van der Waals surface area contributed by atoms with E-state index in [1.165, 1.54) is 0 Å². The van der Waals surface area contributed by atoms with Crippen molar-refractivity contribution >= 4 is 0 Å². The summed E-state index contributed by atoms with van der Waals surface area (Å²) in [5.41, 5.74) is 0. The average molecular weight is 564 g/mol. The van der Waals surface area contributed by atoms with Crippen LogP contribution >= 0.6 is 0 Å². The van der Waals surface area contributed by atoms with E-state index in [4.69, 9.17) is 0 Å². The molecule has 0 fully saturated rings. The Morgan fingerprint density at radius 3 is 0.275 bits per heavy atom. The average Bonchev–Trinajstić information content (AvgIpc) is 2.97. The number of hydrogen-bond acceptors (Lipinski definition) is 2. The number of hydrogen-bond donors (Lipinski definition) is 2. The molecule has 0 aliphatic rings. The Kier molecular flexibility index (Phi) is 24.8. The zero-order valence-electron chi connectivity index (χ0n) is 18.1. The third kappa shape index (κ3) is 30.0. The van der Waals surface area contributed by atoms with Crippen molar-refractivity contribution in [2.24, 2.45) is 210 Å². The molecule has 0 aromatic heterocycles. The second kappa shape index (κ2) is 31.0. The van der Waals surface area contributed by atoms with Gasteiger partial charge in [0.25, 0.3) is 0 Å². The summed E-state index contributed by atoms with van der Waals surface area (Å²) in [5.74, 6) is 9.24. The van der Waals surface area contributed by atoms with Gasteiger partial charge in [-0.2, -0.15) is 0 Å². The molecule has 0 amide bonds. The van der Waals surface area contributed by atoms with Crippen molar-refractivity contribution in [1.82, 2.24) is 0 Å². The van der Waals surface area contributed by atoms with Gasteiger partial charge in [0.2, 0.25) is 0 Å². The van der Waals surface area contributed by atoms with E-state index in [0.717, 1.165) is 0 Å². The van der Waals surface area contributed by atoms with Gasteiger partial charge in [-0.05, 0) is 73.1 Å². The van der Waals surface area contributed by atoms with E-state index >= 15 is 0 Å². The molecule has 0 atom stereocenters. The Hall–Kier alpha value is -8.00. The van der Waals surface area contributed by atoms with Gasteiger partial charge in [-0.15, -0.1) is 0 Å². The molecular formula is H4N40. The fourth-order valence-corrected chi connectivity index (χ4v) is 0.654. The topological polar surface area (TPSA) is 522 Å². The van der Waals surface area contributed by atoms with Crippen molar-refractivity contribution in [3.63, 3.8) is 0 Å². The molecule has 0 rings (SSSR count). The summed E-state index contributed by atoms with van der Waals surface area (Å²) in [6.45, 7) is 0. The Morgan fingerprint density at radius 2 is 0.200 bits per heavy atom. The first-order chi connectivity index (χ1) is 19.9. The van der Waals surface area contributed by atoms with E-state index in [9.17, 15) is 0 Å². The van der Waals surface area contributed by atoms with Crippen LogP contribution < -0.4 is 11.7 Å². The summed E-state index contributed by atoms with van der Waals surface area (Å²) in [4.78, 5) is 0.